The smallest absolute Gasteiger partial charge is 0.324 e. The minimum Gasteiger partial charge on any atom is -0.504 e. The number of phenolic OH excluding ortho intramolecular Hbond substituents is 1. The van der Waals surface area contributed by atoms with E-state index in [0.29, 0.717) is 31.1 Å². The Labute approximate surface area is 186 Å². The molecule has 1 aliphatic heterocycles. The second-order valence-corrected chi connectivity index (χ2v) is 8.00. The molecule has 0 spiro atoms. The highest BCUT2D eigenvalue weighted by Gasteiger charge is 2.28. The third kappa shape index (κ3) is 4.05. The lowest BCUT2D eigenvalue weighted by molar-refractivity contribution is -0.129. The number of anilines is 1. The molecular weight excluding hydrogens is 410 g/mol. The molecule has 1 fully saturated rings. The molecule has 0 radical (unpaired) electrons. The SMILES string of the molecule is COc1ccc(N2CCCN(Cc3ccnc4c3ccn4CC(=O)N(C)C)C2=O)cc1O. The number of benzene rings is 1. The topological polar surface area (TPSA) is 91.1 Å². The van der Waals surface area contributed by atoms with Gasteiger partial charge in [-0.2, -0.15) is 0 Å². The molecule has 3 heterocycles. The van der Waals surface area contributed by atoms with Crippen LogP contribution in [0.1, 0.15) is 12.0 Å². The van der Waals surface area contributed by atoms with E-state index in [0.717, 1.165) is 23.0 Å². The van der Waals surface area contributed by atoms with Crippen LogP contribution in [0, 0.1) is 0 Å². The molecule has 3 amide bonds. The second kappa shape index (κ2) is 8.78. The first kappa shape index (κ1) is 21.5. The second-order valence-electron chi connectivity index (χ2n) is 8.00. The summed E-state index contributed by atoms with van der Waals surface area (Å²) in [6.07, 6.45) is 4.38. The molecule has 3 aromatic rings. The number of aromatic hydroxyl groups is 1. The van der Waals surface area contributed by atoms with Crippen molar-refractivity contribution in [3.8, 4) is 11.5 Å². The van der Waals surface area contributed by atoms with Gasteiger partial charge >= 0.3 is 6.03 Å². The largest absolute Gasteiger partial charge is 0.504 e. The summed E-state index contributed by atoms with van der Waals surface area (Å²) in [4.78, 5) is 34.8. The summed E-state index contributed by atoms with van der Waals surface area (Å²) in [6, 6.07) is 8.70. The van der Waals surface area contributed by atoms with E-state index in [4.69, 9.17) is 4.74 Å². The highest BCUT2D eigenvalue weighted by molar-refractivity contribution is 5.93. The number of nitrogens with zero attached hydrogens (tertiary/aromatic N) is 5. The zero-order valence-electron chi connectivity index (χ0n) is 18.5. The van der Waals surface area contributed by atoms with Crippen molar-refractivity contribution in [1.82, 2.24) is 19.4 Å². The lowest BCUT2D eigenvalue weighted by Crippen LogP contribution is -2.49. The van der Waals surface area contributed by atoms with Crippen molar-refractivity contribution in [1.29, 1.82) is 0 Å². The molecule has 2 aromatic heterocycles. The Balaban J connectivity index is 1.56. The zero-order chi connectivity index (χ0) is 22.8. The van der Waals surface area contributed by atoms with E-state index >= 15 is 0 Å². The van der Waals surface area contributed by atoms with Crippen LogP contribution in [0.2, 0.25) is 0 Å². The fraction of sp³-hybridized carbons (Fsp3) is 0.348. The number of likely N-dealkylation sites (N-methyl/N-ethyl adjacent to an activating group) is 1. The van der Waals surface area contributed by atoms with Crippen molar-refractivity contribution < 1.29 is 19.4 Å². The van der Waals surface area contributed by atoms with Gasteiger partial charge in [0.2, 0.25) is 5.91 Å². The molecule has 0 aliphatic carbocycles. The van der Waals surface area contributed by atoms with E-state index < -0.39 is 0 Å². The van der Waals surface area contributed by atoms with Crippen molar-refractivity contribution in [2.24, 2.45) is 0 Å². The monoisotopic (exact) mass is 437 g/mol. The average Bonchev–Trinajstić information content (AvgIpc) is 3.19. The van der Waals surface area contributed by atoms with Crippen LogP contribution in [-0.2, 0) is 17.9 Å². The first-order valence-electron chi connectivity index (χ1n) is 10.5. The molecule has 1 aliphatic rings. The minimum absolute atomic E-state index is 0.000577. The number of hydrogen-bond donors (Lipinski definition) is 1. The van der Waals surface area contributed by atoms with Crippen molar-refractivity contribution in [2.45, 2.75) is 19.5 Å². The Morgan fingerprint density at radius 2 is 2.03 bits per heavy atom. The summed E-state index contributed by atoms with van der Waals surface area (Å²) >= 11 is 0. The molecule has 0 unspecified atom stereocenters. The summed E-state index contributed by atoms with van der Waals surface area (Å²) < 4.78 is 6.92. The summed E-state index contributed by atoms with van der Waals surface area (Å²) in [5.74, 6) is 0.352. The number of ether oxygens (including phenoxy) is 1. The normalized spacial score (nSPS) is 14.2. The van der Waals surface area contributed by atoms with Crippen molar-refractivity contribution in [3.63, 3.8) is 0 Å². The lowest BCUT2D eigenvalue weighted by Gasteiger charge is -2.36. The van der Waals surface area contributed by atoms with Gasteiger partial charge in [0.05, 0.1) is 7.11 Å². The van der Waals surface area contributed by atoms with Gasteiger partial charge in [0.25, 0.3) is 0 Å². The number of fused-ring (bicyclic) bond motifs is 1. The summed E-state index contributed by atoms with van der Waals surface area (Å²) in [7, 11) is 4.94. The van der Waals surface area contributed by atoms with Gasteiger partial charge in [-0.15, -0.1) is 0 Å². The zero-order valence-corrected chi connectivity index (χ0v) is 18.5. The van der Waals surface area contributed by atoms with Crippen molar-refractivity contribution in [3.05, 3.63) is 48.3 Å². The van der Waals surface area contributed by atoms with Crippen LogP contribution in [-0.4, -0.2) is 70.7 Å². The highest BCUT2D eigenvalue weighted by atomic mass is 16.5. The number of pyridine rings is 1. The van der Waals surface area contributed by atoms with Crippen LogP contribution >= 0.6 is 0 Å². The summed E-state index contributed by atoms with van der Waals surface area (Å²) in [6.45, 7) is 1.86. The van der Waals surface area contributed by atoms with E-state index in [9.17, 15) is 14.7 Å². The molecule has 4 rings (SSSR count). The predicted octanol–water partition coefficient (Wildman–Crippen LogP) is 2.67. The van der Waals surface area contributed by atoms with Crippen LogP contribution in [0.25, 0.3) is 11.0 Å². The molecule has 9 nitrogen and oxygen atoms in total. The van der Waals surface area contributed by atoms with Crippen molar-refractivity contribution in [2.75, 3.05) is 39.2 Å². The Morgan fingerprint density at radius 1 is 1.22 bits per heavy atom. The van der Waals surface area contributed by atoms with Gasteiger partial charge in [-0.05, 0) is 36.2 Å². The number of methoxy groups -OCH3 is 1. The maximum Gasteiger partial charge on any atom is 0.324 e. The number of phenols is 1. The van der Waals surface area contributed by atoms with Crippen LogP contribution in [0.4, 0.5) is 10.5 Å². The quantitative estimate of drug-likeness (QED) is 0.640. The minimum atomic E-state index is -0.118. The van der Waals surface area contributed by atoms with Crippen molar-refractivity contribution >= 4 is 28.7 Å². The molecule has 32 heavy (non-hydrogen) atoms. The highest BCUT2D eigenvalue weighted by Crippen LogP contribution is 2.32. The molecule has 0 saturated carbocycles. The summed E-state index contributed by atoms with van der Waals surface area (Å²) in [5.41, 5.74) is 2.32. The standard InChI is InChI=1S/C23H27N5O4/c1-25(2)21(30)15-26-12-8-18-16(7-9-24-22(18)26)14-27-10-4-11-28(23(27)31)17-5-6-20(32-3)19(29)13-17/h5-9,12-13,29H,4,10-11,14-15H2,1-3H3. The van der Waals surface area contributed by atoms with Crippen LogP contribution in [0.3, 0.4) is 0 Å². The first-order chi connectivity index (χ1) is 15.4. The van der Waals surface area contributed by atoms with Gasteiger partial charge in [0.15, 0.2) is 11.5 Å². The first-order valence-corrected chi connectivity index (χ1v) is 10.5. The molecule has 9 heteroatoms. The van der Waals surface area contributed by atoms with Gasteiger partial charge < -0.3 is 24.2 Å². The maximum atomic E-state index is 13.2. The van der Waals surface area contributed by atoms with E-state index in [1.807, 2.05) is 22.9 Å². The Bertz CT molecular complexity index is 1160. The van der Waals surface area contributed by atoms with Crippen LogP contribution in [0.5, 0.6) is 11.5 Å². The number of aromatic nitrogens is 2. The Hall–Kier alpha value is -3.75. The molecule has 1 aromatic carbocycles. The number of urea groups is 1. The predicted molar refractivity (Wildman–Crippen MR) is 121 cm³/mol. The molecule has 1 saturated heterocycles. The Kier molecular flexibility index (Phi) is 5.89. The number of amides is 3. The fourth-order valence-corrected chi connectivity index (χ4v) is 3.92. The Morgan fingerprint density at radius 3 is 2.75 bits per heavy atom. The lowest BCUT2D eigenvalue weighted by atomic mass is 10.1. The molecule has 0 atom stereocenters. The van der Waals surface area contributed by atoms with Gasteiger partial charge in [-0.3, -0.25) is 9.69 Å². The van der Waals surface area contributed by atoms with E-state index in [1.54, 1.807) is 53.2 Å². The number of rotatable bonds is 6. The van der Waals surface area contributed by atoms with E-state index in [2.05, 4.69) is 4.98 Å². The van der Waals surface area contributed by atoms with Gasteiger partial charge in [0, 0.05) is 63.3 Å². The van der Waals surface area contributed by atoms with Crippen LogP contribution in [0.15, 0.2) is 42.7 Å². The summed E-state index contributed by atoms with van der Waals surface area (Å²) in [5, 5.41) is 11.0. The molecule has 0 bridgehead atoms. The van der Waals surface area contributed by atoms with E-state index in [-0.39, 0.29) is 24.2 Å². The van der Waals surface area contributed by atoms with Gasteiger partial charge in [-0.1, -0.05) is 0 Å². The molecule has 168 valence electrons. The number of carbonyl (C=O) groups excluding carboxylic acids is 2. The molecular formula is C23H27N5O4. The third-order valence-electron chi connectivity index (χ3n) is 5.70. The third-order valence-corrected chi connectivity index (χ3v) is 5.70. The fourth-order valence-electron chi connectivity index (χ4n) is 3.92. The van der Waals surface area contributed by atoms with Crippen LogP contribution < -0.4 is 9.64 Å². The maximum absolute atomic E-state index is 13.2. The van der Waals surface area contributed by atoms with E-state index in [1.165, 1.54) is 7.11 Å². The van der Waals surface area contributed by atoms with Gasteiger partial charge in [-0.25, -0.2) is 9.78 Å². The number of hydrogen-bond acceptors (Lipinski definition) is 5. The van der Waals surface area contributed by atoms with Gasteiger partial charge in [0.1, 0.15) is 12.2 Å². The average molecular weight is 438 g/mol. The molecule has 1 N–H and O–H groups in total. The number of carbonyl (C=O) groups is 2.